The molecule has 2 N–H and O–H groups in total. The normalized spacial score (nSPS) is 15.2. The van der Waals surface area contributed by atoms with Gasteiger partial charge in [-0.2, -0.15) is 0 Å². The molecule has 1 rings (SSSR count). The van der Waals surface area contributed by atoms with Crippen molar-refractivity contribution in [3.8, 4) is 0 Å². The average Bonchev–Trinajstić information content (AvgIpc) is 2.31. The van der Waals surface area contributed by atoms with Crippen molar-refractivity contribution in [3.63, 3.8) is 0 Å². The molecule has 0 radical (unpaired) electrons. The van der Waals surface area contributed by atoms with Gasteiger partial charge >= 0.3 is 0 Å². The Morgan fingerprint density at radius 1 is 1.15 bits per heavy atom. The fourth-order valence-corrected chi connectivity index (χ4v) is 2.78. The lowest BCUT2D eigenvalue weighted by Crippen LogP contribution is -2.31. The standard InChI is InChI=1S/C15H22Cl3NO/c1-9(19-8-10(20)7-15(2,3)4)11-5-6-12(16)14(18)13(11)17/h5-6,9-10,19-20H,7-8H2,1-4H3. The van der Waals surface area contributed by atoms with E-state index in [1.54, 1.807) is 6.07 Å². The van der Waals surface area contributed by atoms with Crippen LogP contribution in [0.2, 0.25) is 15.1 Å². The molecule has 1 aromatic carbocycles. The molecular weight excluding hydrogens is 317 g/mol. The second kappa shape index (κ2) is 7.33. The summed E-state index contributed by atoms with van der Waals surface area (Å²) < 4.78 is 0. The molecule has 0 aliphatic heterocycles. The number of rotatable bonds is 5. The smallest absolute Gasteiger partial charge is 0.0781 e. The summed E-state index contributed by atoms with van der Waals surface area (Å²) in [5.74, 6) is 0. The van der Waals surface area contributed by atoms with Crippen molar-refractivity contribution in [1.29, 1.82) is 0 Å². The molecule has 20 heavy (non-hydrogen) atoms. The molecule has 0 aromatic heterocycles. The van der Waals surface area contributed by atoms with Gasteiger partial charge in [0.1, 0.15) is 0 Å². The first-order valence-corrected chi connectivity index (χ1v) is 7.80. The molecule has 0 fully saturated rings. The predicted molar refractivity (Wildman–Crippen MR) is 88.0 cm³/mol. The van der Waals surface area contributed by atoms with Crippen LogP contribution < -0.4 is 5.32 Å². The fourth-order valence-electron chi connectivity index (χ4n) is 2.08. The third-order valence-corrected chi connectivity index (χ3v) is 4.35. The third kappa shape index (κ3) is 5.42. The molecule has 0 saturated heterocycles. The predicted octanol–water partition coefficient (Wildman–Crippen LogP) is 5.09. The van der Waals surface area contributed by atoms with Crippen molar-refractivity contribution in [2.75, 3.05) is 6.54 Å². The van der Waals surface area contributed by atoms with E-state index in [-0.39, 0.29) is 17.6 Å². The lowest BCUT2D eigenvalue weighted by molar-refractivity contribution is 0.117. The van der Waals surface area contributed by atoms with Crippen LogP contribution in [-0.4, -0.2) is 17.8 Å². The van der Waals surface area contributed by atoms with Gasteiger partial charge in [0, 0.05) is 12.6 Å². The van der Waals surface area contributed by atoms with Crippen LogP contribution in [0.5, 0.6) is 0 Å². The van der Waals surface area contributed by atoms with Gasteiger partial charge in [0.2, 0.25) is 0 Å². The third-order valence-electron chi connectivity index (χ3n) is 3.04. The Kier molecular flexibility index (Phi) is 6.62. The molecule has 0 aliphatic carbocycles. The second-order valence-corrected chi connectivity index (χ2v) is 7.48. The zero-order valence-corrected chi connectivity index (χ0v) is 14.6. The van der Waals surface area contributed by atoms with Crippen LogP contribution in [0.4, 0.5) is 0 Å². The number of benzene rings is 1. The Labute approximate surface area is 136 Å². The largest absolute Gasteiger partial charge is 0.392 e. The summed E-state index contributed by atoms with van der Waals surface area (Å²) in [6.07, 6.45) is 0.348. The van der Waals surface area contributed by atoms with E-state index in [1.807, 2.05) is 13.0 Å². The van der Waals surface area contributed by atoms with E-state index in [4.69, 9.17) is 34.8 Å². The molecule has 0 amide bonds. The van der Waals surface area contributed by atoms with E-state index in [0.717, 1.165) is 12.0 Å². The van der Waals surface area contributed by atoms with Crippen LogP contribution in [-0.2, 0) is 0 Å². The number of hydrogen-bond donors (Lipinski definition) is 2. The van der Waals surface area contributed by atoms with Crippen molar-refractivity contribution in [3.05, 3.63) is 32.8 Å². The van der Waals surface area contributed by atoms with Crippen LogP contribution in [0.3, 0.4) is 0 Å². The molecule has 114 valence electrons. The van der Waals surface area contributed by atoms with Gasteiger partial charge in [-0.3, -0.25) is 0 Å². The molecule has 2 atom stereocenters. The lowest BCUT2D eigenvalue weighted by Gasteiger charge is -2.24. The number of aliphatic hydroxyl groups is 1. The first-order valence-electron chi connectivity index (χ1n) is 6.66. The Bertz CT molecular complexity index is 457. The van der Waals surface area contributed by atoms with Crippen LogP contribution >= 0.6 is 34.8 Å². The average molecular weight is 339 g/mol. The first-order chi connectivity index (χ1) is 9.11. The summed E-state index contributed by atoms with van der Waals surface area (Å²) >= 11 is 18.1. The van der Waals surface area contributed by atoms with E-state index >= 15 is 0 Å². The quantitative estimate of drug-likeness (QED) is 0.732. The lowest BCUT2D eigenvalue weighted by atomic mass is 9.89. The van der Waals surface area contributed by atoms with E-state index in [2.05, 4.69) is 26.1 Å². The summed E-state index contributed by atoms with van der Waals surface area (Å²) in [6.45, 7) is 8.81. The van der Waals surface area contributed by atoms with Gasteiger partial charge < -0.3 is 10.4 Å². The maximum Gasteiger partial charge on any atom is 0.0781 e. The van der Waals surface area contributed by atoms with E-state index < -0.39 is 0 Å². The van der Waals surface area contributed by atoms with Gasteiger partial charge in [-0.05, 0) is 30.4 Å². The Morgan fingerprint density at radius 2 is 1.75 bits per heavy atom. The van der Waals surface area contributed by atoms with Gasteiger partial charge in [0.05, 0.1) is 21.2 Å². The van der Waals surface area contributed by atoms with Crippen LogP contribution in [0.15, 0.2) is 12.1 Å². The van der Waals surface area contributed by atoms with E-state index in [9.17, 15) is 5.11 Å². The van der Waals surface area contributed by atoms with E-state index in [1.165, 1.54) is 0 Å². The zero-order chi connectivity index (χ0) is 15.5. The minimum Gasteiger partial charge on any atom is -0.392 e. The summed E-state index contributed by atoms with van der Waals surface area (Å²) in [6, 6.07) is 3.58. The zero-order valence-electron chi connectivity index (χ0n) is 12.3. The molecule has 5 heteroatoms. The van der Waals surface area contributed by atoms with Gasteiger partial charge in [-0.15, -0.1) is 0 Å². The second-order valence-electron chi connectivity index (χ2n) is 6.31. The molecule has 1 aromatic rings. The van der Waals surface area contributed by atoms with Crippen molar-refractivity contribution < 1.29 is 5.11 Å². The molecule has 0 heterocycles. The van der Waals surface area contributed by atoms with Gasteiger partial charge in [0.15, 0.2) is 0 Å². The summed E-state index contributed by atoms with van der Waals surface area (Å²) in [5, 5.41) is 14.6. The van der Waals surface area contributed by atoms with Crippen molar-refractivity contribution in [2.45, 2.75) is 46.3 Å². The molecular formula is C15H22Cl3NO. The minimum absolute atomic E-state index is 0.00751. The van der Waals surface area contributed by atoms with Gasteiger partial charge in [-0.25, -0.2) is 0 Å². The van der Waals surface area contributed by atoms with Crippen LogP contribution in [0, 0.1) is 5.41 Å². The number of nitrogens with one attached hydrogen (secondary N) is 1. The monoisotopic (exact) mass is 337 g/mol. The maximum atomic E-state index is 10.0. The van der Waals surface area contributed by atoms with E-state index in [0.29, 0.717) is 21.6 Å². The Morgan fingerprint density at radius 3 is 2.30 bits per heavy atom. The molecule has 0 aliphatic rings. The number of hydrogen-bond acceptors (Lipinski definition) is 2. The molecule has 2 nitrogen and oxygen atoms in total. The number of aliphatic hydroxyl groups excluding tert-OH is 1. The maximum absolute atomic E-state index is 10.0. The highest BCUT2D eigenvalue weighted by Gasteiger charge is 2.19. The summed E-state index contributed by atoms with van der Waals surface area (Å²) in [5.41, 5.74) is 0.981. The molecule has 0 bridgehead atoms. The topological polar surface area (TPSA) is 32.3 Å². The molecule has 2 unspecified atom stereocenters. The minimum atomic E-state index is -0.390. The van der Waals surface area contributed by atoms with Crippen molar-refractivity contribution in [2.24, 2.45) is 5.41 Å². The highest BCUT2D eigenvalue weighted by Crippen LogP contribution is 2.35. The highest BCUT2D eigenvalue weighted by molar-refractivity contribution is 6.48. The Balaban J connectivity index is 2.64. The Hall–Kier alpha value is 0.01000. The highest BCUT2D eigenvalue weighted by atomic mass is 35.5. The summed E-state index contributed by atoms with van der Waals surface area (Å²) in [4.78, 5) is 0. The van der Waals surface area contributed by atoms with Crippen LogP contribution in [0.1, 0.15) is 45.7 Å². The molecule has 0 saturated carbocycles. The van der Waals surface area contributed by atoms with Crippen LogP contribution in [0.25, 0.3) is 0 Å². The van der Waals surface area contributed by atoms with Gasteiger partial charge in [0.25, 0.3) is 0 Å². The van der Waals surface area contributed by atoms with Gasteiger partial charge in [-0.1, -0.05) is 61.6 Å². The number of halogens is 3. The fraction of sp³-hybridized carbons (Fsp3) is 0.600. The summed E-state index contributed by atoms with van der Waals surface area (Å²) in [7, 11) is 0. The SMILES string of the molecule is CC(NCC(O)CC(C)(C)C)c1ccc(Cl)c(Cl)c1Cl. The van der Waals surface area contributed by atoms with Crippen molar-refractivity contribution in [1.82, 2.24) is 5.32 Å². The first kappa shape index (κ1) is 18.1. The van der Waals surface area contributed by atoms with Crippen molar-refractivity contribution >= 4 is 34.8 Å². The molecule has 0 spiro atoms.